The van der Waals surface area contributed by atoms with E-state index in [1.807, 2.05) is 6.26 Å². The maximum absolute atomic E-state index is 12.6. The van der Waals surface area contributed by atoms with Crippen molar-refractivity contribution in [2.45, 2.75) is 31.8 Å². The Kier molecular flexibility index (Phi) is 12.0. The molecule has 0 fully saturated rings. The summed E-state index contributed by atoms with van der Waals surface area (Å²) >= 11 is 1.56. The summed E-state index contributed by atoms with van der Waals surface area (Å²) in [6.45, 7) is 1.35. The SMILES string of the molecule is CSCCC(NC(=O)CN(Cc1ccco1)C(=O)CNCCCCN)C(N)=O. The Morgan fingerprint density at radius 2 is 2.11 bits per heavy atom. The molecule has 3 amide bonds. The maximum Gasteiger partial charge on any atom is 0.240 e. The molecule has 10 heteroatoms. The number of hydrogen-bond acceptors (Lipinski definition) is 7. The van der Waals surface area contributed by atoms with E-state index < -0.39 is 17.9 Å². The van der Waals surface area contributed by atoms with Gasteiger partial charge in [-0.25, -0.2) is 0 Å². The van der Waals surface area contributed by atoms with Gasteiger partial charge in [0.05, 0.1) is 19.4 Å². The van der Waals surface area contributed by atoms with Crippen LogP contribution in [-0.2, 0) is 20.9 Å². The summed E-state index contributed by atoms with van der Waals surface area (Å²) in [5.74, 6) is -0.00619. The fourth-order valence-electron chi connectivity index (χ4n) is 2.46. The molecule has 158 valence electrons. The van der Waals surface area contributed by atoms with Crippen LogP contribution in [0.15, 0.2) is 22.8 Å². The van der Waals surface area contributed by atoms with Crippen LogP contribution in [0.3, 0.4) is 0 Å². The summed E-state index contributed by atoms with van der Waals surface area (Å²) in [5, 5.41) is 5.67. The Morgan fingerprint density at radius 1 is 1.32 bits per heavy atom. The minimum absolute atomic E-state index is 0.101. The molecule has 0 aliphatic rings. The molecule has 1 aromatic heterocycles. The van der Waals surface area contributed by atoms with Crippen LogP contribution in [0.1, 0.15) is 25.0 Å². The molecule has 0 aliphatic carbocycles. The van der Waals surface area contributed by atoms with E-state index >= 15 is 0 Å². The van der Waals surface area contributed by atoms with Crippen LogP contribution in [0.5, 0.6) is 0 Å². The molecule has 0 spiro atoms. The lowest BCUT2D eigenvalue weighted by Crippen LogP contribution is -2.50. The van der Waals surface area contributed by atoms with Crippen molar-refractivity contribution in [3.05, 3.63) is 24.2 Å². The monoisotopic (exact) mass is 413 g/mol. The van der Waals surface area contributed by atoms with Crippen LogP contribution >= 0.6 is 11.8 Å². The van der Waals surface area contributed by atoms with Crippen molar-refractivity contribution in [3.8, 4) is 0 Å². The van der Waals surface area contributed by atoms with Crippen molar-refractivity contribution >= 4 is 29.5 Å². The molecule has 1 atom stereocenters. The Bertz CT molecular complexity index is 597. The summed E-state index contributed by atoms with van der Waals surface area (Å²) in [5.41, 5.74) is 10.8. The van der Waals surface area contributed by atoms with Gasteiger partial charge in [-0.3, -0.25) is 14.4 Å². The Morgan fingerprint density at radius 3 is 2.71 bits per heavy atom. The average molecular weight is 414 g/mol. The fraction of sp³-hybridized carbons (Fsp3) is 0.611. The van der Waals surface area contributed by atoms with E-state index in [0.29, 0.717) is 31.0 Å². The van der Waals surface area contributed by atoms with E-state index in [-0.39, 0.29) is 25.5 Å². The van der Waals surface area contributed by atoms with E-state index in [4.69, 9.17) is 15.9 Å². The molecule has 0 radical (unpaired) electrons. The summed E-state index contributed by atoms with van der Waals surface area (Å²) in [4.78, 5) is 37.9. The number of nitrogens with two attached hydrogens (primary N) is 2. The van der Waals surface area contributed by atoms with Crippen LogP contribution in [-0.4, -0.2) is 66.9 Å². The third kappa shape index (κ3) is 9.77. The Balaban J connectivity index is 2.63. The van der Waals surface area contributed by atoms with Crippen LogP contribution in [0, 0.1) is 0 Å². The molecule has 28 heavy (non-hydrogen) atoms. The topological polar surface area (TPSA) is 144 Å². The van der Waals surface area contributed by atoms with Crippen molar-refractivity contribution in [2.75, 3.05) is 38.2 Å². The summed E-state index contributed by atoms with van der Waals surface area (Å²) < 4.78 is 5.29. The van der Waals surface area contributed by atoms with Gasteiger partial charge in [-0.15, -0.1) is 0 Å². The highest BCUT2D eigenvalue weighted by Gasteiger charge is 2.22. The largest absolute Gasteiger partial charge is 0.467 e. The number of nitrogens with zero attached hydrogens (tertiary/aromatic N) is 1. The maximum atomic E-state index is 12.6. The zero-order valence-corrected chi connectivity index (χ0v) is 17.1. The fourth-order valence-corrected chi connectivity index (χ4v) is 2.93. The van der Waals surface area contributed by atoms with Gasteiger partial charge in [0.25, 0.3) is 0 Å². The van der Waals surface area contributed by atoms with Gasteiger partial charge >= 0.3 is 0 Å². The quantitative estimate of drug-likeness (QED) is 0.288. The van der Waals surface area contributed by atoms with Gasteiger partial charge < -0.3 is 31.4 Å². The van der Waals surface area contributed by atoms with Crippen molar-refractivity contribution in [1.82, 2.24) is 15.5 Å². The third-order valence-corrected chi connectivity index (χ3v) is 4.63. The zero-order chi connectivity index (χ0) is 20.8. The predicted octanol–water partition coefficient (Wildman–Crippen LogP) is -0.340. The summed E-state index contributed by atoms with van der Waals surface area (Å²) in [7, 11) is 0. The molecule has 0 aromatic carbocycles. The van der Waals surface area contributed by atoms with Crippen LogP contribution in [0.2, 0.25) is 0 Å². The Labute approximate surface area is 169 Å². The first kappa shape index (κ1) is 24.0. The molecule has 6 N–H and O–H groups in total. The molecule has 1 aromatic rings. The molecule has 1 rings (SSSR count). The van der Waals surface area contributed by atoms with Gasteiger partial charge in [-0.2, -0.15) is 11.8 Å². The first-order valence-corrected chi connectivity index (χ1v) is 10.7. The minimum Gasteiger partial charge on any atom is -0.467 e. The Hall–Kier alpha value is -2.04. The van der Waals surface area contributed by atoms with Crippen LogP contribution in [0.4, 0.5) is 0 Å². The van der Waals surface area contributed by atoms with Crippen molar-refractivity contribution in [3.63, 3.8) is 0 Å². The van der Waals surface area contributed by atoms with E-state index in [0.717, 1.165) is 12.8 Å². The van der Waals surface area contributed by atoms with Gasteiger partial charge in [0.1, 0.15) is 18.3 Å². The first-order valence-electron chi connectivity index (χ1n) is 9.26. The normalized spacial score (nSPS) is 11.8. The number of primary amides is 1. The number of amides is 3. The van der Waals surface area contributed by atoms with Crippen molar-refractivity contribution < 1.29 is 18.8 Å². The number of thioether (sulfide) groups is 1. The van der Waals surface area contributed by atoms with Crippen molar-refractivity contribution in [2.24, 2.45) is 11.5 Å². The molecule has 1 unspecified atom stereocenters. The molecule has 0 bridgehead atoms. The van der Waals surface area contributed by atoms with Crippen LogP contribution < -0.4 is 22.1 Å². The zero-order valence-electron chi connectivity index (χ0n) is 16.3. The van der Waals surface area contributed by atoms with E-state index in [9.17, 15) is 14.4 Å². The molecule has 1 heterocycles. The highest BCUT2D eigenvalue weighted by atomic mass is 32.2. The highest BCUT2D eigenvalue weighted by Crippen LogP contribution is 2.06. The molecule has 0 saturated heterocycles. The second-order valence-electron chi connectivity index (χ2n) is 6.31. The molecular weight excluding hydrogens is 382 g/mol. The molecule has 0 aliphatic heterocycles. The van der Waals surface area contributed by atoms with Gasteiger partial charge in [0.15, 0.2) is 0 Å². The van der Waals surface area contributed by atoms with Gasteiger partial charge in [-0.1, -0.05) is 0 Å². The third-order valence-electron chi connectivity index (χ3n) is 3.99. The number of furan rings is 1. The lowest BCUT2D eigenvalue weighted by molar-refractivity contribution is -0.137. The van der Waals surface area contributed by atoms with Gasteiger partial charge in [-0.05, 0) is 56.5 Å². The highest BCUT2D eigenvalue weighted by molar-refractivity contribution is 7.98. The number of carbonyl (C=O) groups is 3. The number of unbranched alkanes of at least 4 members (excludes halogenated alkanes) is 1. The smallest absolute Gasteiger partial charge is 0.240 e. The molecular formula is C18H31N5O4S. The molecule has 9 nitrogen and oxygen atoms in total. The second kappa shape index (κ2) is 14.0. The van der Waals surface area contributed by atoms with E-state index in [1.165, 1.54) is 11.2 Å². The number of rotatable bonds is 15. The lowest BCUT2D eigenvalue weighted by atomic mass is 10.2. The summed E-state index contributed by atoms with van der Waals surface area (Å²) in [6.07, 6.45) is 5.61. The first-order chi connectivity index (χ1) is 13.5. The van der Waals surface area contributed by atoms with Gasteiger partial charge in [0, 0.05) is 0 Å². The number of nitrogens with one attached hydrogen (secondary N) is 2. The molecule has 0 saturated carbocycles. The second-order valence-corrected chi connectivity index (χ2v) is 7.29. The minimum atomic E-state index is -0.755. The van der Waals surface area contributed by atoms with E-state index in [2.05, 4.69) is 10.6 Å². The summed E-state index contributed by atoms with van der Waals surface area (Å²) in [6, 6.07) is 2.70. The number of hydrogen-bond donors (Lipinski definition) is 4. The number of carbonyl (C=O) groups excluding carboxylic acids is 3. The van der Waals surface area contributed by atoms with Crippen molar-refractivity contribution in [1.29, 1.82) is 0 Å². The van der Waals surface area contributed by atoms with Crippen LogP contribution in [0.25, 0.3) is 0 Å². The lowest BCUT2D eigenvalue weighted by Gasteiger charge is -2.23. The average Bonchev–Trinajstić information content (AvgIpc) is 3.17. The van der Waals surface area contributed by atoms with Gasteiger partial charge in [0.2, 0.25) is 17.7 Å². The predicted molar refractivity (Wildman–Crippen MR) is 109 cm³/mol. The van der Waals surface area contributed by atoms with E-state index in [1.54, 1.807) is 23.9 Å². The standard InChI is InChI=1S/C18H31N5O4S/c1-28-10-6-15(18(20)26)22-16(24)13-23(12-14-5-4-9-27-14)17(25)11-21-8-3-2-7-19/h4-5,9,15,21H,2-3,6-8,10-13,19H2,1H3,(H2,20,26)(H,22,24).